The van der Waals surface area contributed by atoms with E-state index in [0.717, 1.165) is 12.8 Å². The molecule has 2 amide bonds. The second kappa shape index (κ2) is 7.27. The molecule has 0 saturated carbocycles. The monoisotopic (exact) mass is 243 g/mol. The molecule has 1 saturated heterocycles. The lowest BCUT2D eigenvalue weighted by Gasteiger charge is -1.99. The number of hydrogen-bond acceptors (Lipinski definition) is 4. The number of carbonyl (C=O) groups is 2. The molecule has 1 heterocycles. The van der Waals surface area contributed by atoms with Crippen LogP contribution in [-0.4, -0.2) is 36.3 Å². The van der Waals surface area contributed by atoms with Crippen molar-refractivity contribution in [3.05, 3.63) is 0 Å². The molecular weight excluding hydrogens is 226 g/mol. The molecule has 0 unspecified atom stereocenters. The minimum Gasteiger partial charge on any atom is -0.288 e. The number of carbonyl (C=O) groups excluding carboxylic acids is 2. The molecule has 90 valence electrons. The van der Waals surface area contributed by atoms with Gasteiger partial charge < -0.3 is 0 Å². The van der Waals surface area contributed by atoms with Crippen molar-refractivity contribution in [3.8, 4) is 0 Å². The van der Waals surface area contributed by atoms with Crippen molar-refractivity contribution in [3.63, 3.8) is 0 Å². The highest BCUT2D eigenvalue weighted by molar-refractivity contribution is 7.98. The third kappa shape index (κ3) is 4.65. The Labute approximate surface area is 99.5 Å². The van der Waals surface area contributed by atoms with Gasteiger partial charge in [0, 0.05) is 6.54 Å². The predicted octanol–water partition coefficient (Wildman–Crippen LogP) is 0.512. The van der Waals surface area contributed by atoms with Crippen LogP contribution in [0.3, 0.4) is 0 Å². The molecular formula is C10H17N3O2S. The standard InChI is InChI=1S/C10H17N3O2S/c1-16-7-5-3-2-4-6-11-10-12-8(14)9(15)13-10/h2-7H2,1H3,(H2,11,12,13,14,15). The van der Waals surface area contributed by atoms with Gasteiger partial charge in [0.05, 0.1) is 0 Å². The fourth-order valence-electron chi connectivity index (χ4n) is 1.34. The van der Waals surface area contributed by atoms with Gasteiger partial charge in [0.15, 0.2) is 0 Å². The maximum atomic E-state index is 10.8. The average Bonchev–Trinajstić information content (AvgIpc) is 2.57. The molecule has 0 spiro atoms. The summed E-state index contributed by atoms with van der Waals surface area (Å²) in [5.41, 5.74) is 0. The van der Waals surface area contributed by atoms with Crippen molar-refractivity contribution in [2.45, 2.75) is 25.7 Å². The van der Waals surface area contributed by atoms with Crippen LogP contribution < -0.4 is 10.6 Å². The molecule has 2 N–H and O–H groups in total. The molecule has 1 aliphatic rings. The number of rotatable bonds is 7. The van der Waals surface area contributed by atoms with Gasteiger partial charge in [0.2, 0.25) is 5.96 Å². The number of hydrogen-bond donors (Lipinski definition) is 2. The SMILES string of the molecule is CSCCCCCCN=C1NC(=O)C(=O)N1. The van der Waals surface area contributed by atoms with E-state index in [1.165, 1.54) is 18.6 Å². The first-order valence-corrected chi connectivity index (χ1v) is 6.79. The molecule has 0 aromatic heterocycles. The van der Waals surface area contributed by atoms with Gasteiger partial charge >= 0.3 is 11.8 Å². The minimum absolute atomic E-state index is 0.291. The third-order valence-electron chi connectivity index (χ3n) is 2.20. The zero-order chi connectivity index (χ0) is 11.8. The Kier molecular flexibility index (Phi) is 5.92. The summed E-state index contributed by atoms with van der Waals surface area (Å²) in [6.07, 6.45) is 6.69. The normalized spacial score (nSPS) is 14.9. The summed E-state index contributed by atoms with van der Waals surface area (Å²) in [5, 5.41) is 4.72. The summed E-state index contributed by atoms with van der Waals surface area (Å²) in [6.45, 7) is 0.648. The molecule has 0 aromatic carbocycles. The van der Waals surface area contributed by atoms with Crippen LogP contribution in [0.5, 0.6) is 0 Å². The molecule has 1 rings (SSSR count). The third-order valence-corrected chi connectivity index (χ3v) is 2.89. The van der Waals surface area contributed by atoms with Crippen LogP contribution in [-0.2, 0) is 9.59 Å². The molecule has 0 atom stereocenters. The van der Waals surface area contributed by atoms with E-state index < -0.39 is 11.8 Å². The summed E-state index contributed by atoms with van der Waals surface area (Å²) in [6, 6.07) is 0. The van der Waals surface area contributed by atoms with Crippen LogP contribution in [0.15, 0.2) is 4.99 Å². The zero-order valence-electron chi connectivity index (χ0n) is 9.41. The van der Waals surface area contributed by atoms with Crippen LogP contribution in [0, 0.1) is 0 Å². The maximum Gasteiger partial charge on any atom is 0.316 e. The van der Waals surface area contributed by atoms with Crippen molar-refractivity contribution in [2.75, 3.05) is 18.6 Å². The Morgan fingerprint density at radius 3 is 2.31 bits per heavy atom. The summed E-state index contributed by atoms with van der Waals surface area (Å²) in [5.74, 6) is 0.247. The molecule has 0 radical (unpaired) electrons. The van der Waals surface area contributed by atoms with Crippen molar-refractivity contribution >= 4 is 29.5 Å². The van der Waals surface area contributed by atoms with E-state index in [2.05, 4.69) is 21.9 Å². The van der Waals surface area contributed by atoms with E-state index in [-0.39, 0.29) is 0 Å². The van der Waals surface area contributed by atoms with E-state index >= 15 is 0 Å². The number of thioether (sulfide) groups is 1. The zero-order valence-corrected chi connectivity index (χ0v) is 10.2. The summed E-state index contributed by atoms with van der Waals surface area (Å²) < 4.78 is 0. The van der Waals surface area contributed by atoms with Crippen molar-refractivity contribution in [1.29, 1.82) is 0 Å². The number of nitrogens with zero attached hydrogens (tertiary/aromatic N) is 1. The van der Waals surface area contributed by atoms with E-state index in [1.807, 2.05) is 11.8 Å². The smallest absolute Gasteiger partial charge is 0.288 e. The summed E-state index contributed by atoms with van der Waals surface area (Å²) in [4.78, 5) is 25.7. The van der Waals surface area contributed by atoms with E-state index in [0.29, 0.717) is 12.5 Å². The number of aliphatic imine (C=N–C) groups is 1. The van der Waals surface area contributed by atoms with Gasteiger partial charge in [-0.2, -0.15) is 11.8 Å². The van der Waals surface area contributed by atoms with Gasteiger partial charge in [-0.3, -0.25) is 25.2 Å². The van der Waals surface area contributed by atoms with Crippen LogP contribution in [0.4, 0.5) is 0 Å². The molecule has 0 bridgehead atoms. The fraction of sp³-hybridized carbons (Fsp3) is 0.700. The topological polar surface area (TPSA) is 70.6 Å². The first-order chi connectivity index (χ1) is 7.74. The highest BCUT2D eigenvalue weighted by atomic mass is 32.2. The van der Waals surface area contributed by atoms with E-state index in [9.17, 15) is 9.59 Å². The Hall–Kier alpha value is -1.04. The fourth-order valence-corrected chi connectivity index (χ4v) is 1.83. The highest BCUT2D eigenvalue weighted by Gasteiger charge is 2.24. The van der Waals surface area contributed by atoms with Crippen molar-refractivity contribution in [1.82, 2.24) is 10.6 Å². The second-order valence-corrected chi connectivity index (χ2v) is 4.53. The van der Waals surface area contributed by atoms with Gasteiger partial charge in [-0.05, 0) is 24.9 Å². The van der Waals surface area contributed by atoms with Crippen LogP contribution in [0.1, 0.15) is 25.7 Å². The number of unbranched alkanes of at least 4 members (excludes halogenated alkanes) is 3. The summed E-state index contributed by atoms with van der Waals surface area (Å²) in [7, 11) is 0. The molecule has 6 heteroatoms. The van der Waals surface area contributed by atoms with Gasteiger partial charge in [-0.25, -0.2) is 0 Å². The van der Waals surface area contributed by atoms with Gasteiger partial charge in [0.25, 0.3) is 0 Å². The summed E-state index contributed by atoms with van der Waals surface area (Å²) >= 11 is 1.86. The Morgan fingerprint density at radius 1 is 1.06 bits per heavy atom. The van der Waals surface area contributed by atoms with Gasteiger partial charge in [-0.1, -0.05) is 12.8 Å². The average molecular weight is 243 g/mol. The molecule has 0 aromatic rings. The molecule has 16 heavy (non-hydrogen) atoms. The van der Waals surface area contributed by atoms with Gasteiger partial charge in [0.1, 0.15) is 0 Å². The van der Waals surface area contributed by atoms with Gasteiger partial charge in [-0.15, -0.1) is 0 Å². The van der Waals surface area contributed by atoms with Crippen LogP contribution in [0.2, 0.25) is 0 Å². The Balaban J connectivity index is 2.04. The van der Waals surface area contributed by atoms with Crippen molar-refractivity contribution < 1.29 is 9.59 Å². The van der Waals surface area contributed by atoms with Crippen LogP contribution in [0.25, 0.3) is 0 Å². The first-order valence-electron chi connectivity index (χ1n) is 5.40. The lowest BCUT2D eigenvalue weighted by Crippen LogP contribution is -2.25. The lowest BCUT2D eigenvalue weighted by atomic mass is 10.2. The maximum absolute atomic E-state index is 10.8. The first kappa shape index (κ1) is 13.0. The largest absolute Gasteiger partial charge is 0.316 e. The Bertz CT molecular complexity index is 274. The quantitative estimate of drug-likeness (QED) is 0.505. The molecule has 5 nitrogen and oxygen atoms in total. The number of guanidine groups is 1. The molecule has 0 aliphatic carbocycles. The van der Waals surface area contributed by atoms with E-state index in [1.54, 1.807) is 0 Å². The number of amides is 2. The number of nitrogens with one attached hydrogen (secondary N) is 2. The Morgan fingerprint density at radius 2 is 1.69 bits per heavy atom. The van der Waals surface area contributed by atoms with E-state index in [4.69, 9.17) is 0 Å². The van der Waals surface area contributed by atoms with Crippen LogP contribution >= 0.6 is 11.8 Å². The second-order valence-electron chi connectivity index (χ2n) is 3.55. The highest BCUT2D eigenvalue weighted by Crippen LogP contribution is 2.04. The minimum atomic E-state index is -0.626. The van der Waals surface area contributed by atoms with Crippen molar-refractivity contribution in [2.24, 2.45) is 4.99 Å². The predicted molar refractivity (Wildman–Crippen MR) is 65.4 cm³/mol. The molecule has 1 fully saturated rings. The molecule has 1 aliphatic heterocycles. The lowest BCUT2D eigenvalue weighted by molar-refractivity contribution is -0.135.